The maximum atomic E-state index is 13.6. The molecule has 1 amide bonds. The van der Waals surface area contributed by atoms with Crippen LogP contribution in [0.25, 0.3) is 4.85 Å². The molecule has 0 saturated heterocycles. The van der Waals surface area contributed by atoms with Crippen LogP contribution in [-0.4, -0.2) is 88.2 Å². The molecule has 14 heteroatoms. The maximum Gasteiger partial charge on any atom is 0.471 e. The lowest BCUT2D eigenvalue weighted by Gasteiger charge is -2.40. The summed E-state index contributed by atoms with van der Waals surface area (Å²) in [5.74, 6) is -1.37. The van der Waals surface area contributed by atoms with Crippen LogP contribution in [-0.2, 0) is 28.9 Å². The number of rotatable bonds is 18. The molecule has 3 aromatic carbocycles. The Hall–Kier alpha value is -3.76. The monoisotopic (exact) mass is 759 g/mol. The van der Waals surface area contributed by atoms with Crippen molar-refractivity contribution >= 4 is 14.4 Å². The van der Waals surface area contributed by atoms with Crippen LogP contribution in [0.3, 0.4) is 0 Å². The van der Waals surface area contributed by atoms with E-state index in [1.165, 1.54) is 7.11 Å². The molecule has 2 unspecified atom stereocenters. The second-order valence-electron chi connectivity index (χ2n) is 13.2. The van der Waals surface area contributed by atoms with Crippen LogP contribution in [0.4, 0.5) is 13.2 Å². The first-order valence-corrected chi connectivity index (χ1v) is 18.5. The predicted octanol–water partition coefficient (Wildman–Crippen LogP) is 7.76. The third-order valence-electron chi connectivity index (χ3n) is 9.14. The van der Waals surface area contributed by atoms with Crippen molar-refractivity contribution in [3.8, 4) is 11.5 Å². The largest absolute Gasteiger partial charge is 0.497 e. The van der Waals surface area contributed by atoms with E-state index in [0.29, 0.717) is 11.5 Å². The maximum absolute atomic E-state index is 13.6. The number of halogens is 3. The number of hydrogen-bond acceptors (Lipinski definition) is 8. The summed E-state index contributed by atoms with van der Waals surface area (Å²) in [5.41, 5.74) is 1.11. The van der Waals surface area contributed by atoms with Gasteiger partial charge in [0.1, 0.15) is 29.8 Å². The zero-order valence-corrected chi connectivity index (χ0v) is 32.0. The molecule has 1 aliphatic rings. The van der Waals surface area contributed by atoms with E-state index >= 15 is 0 Å². The second-order valence-corrected chi connectivity index (χ2v) is 14.6. The van der Waals surface area contributed by atoms with Crippen molar-refractivity contribution in [2.75, 3.05) is 41.1 Å². The van der Waals surface area contributed by atoms with Crippen molar-refractivity contribution in [3.63, 3.8) is 0 Å². The fourth-order valence-corrected chi connectivity index (χ4v) is 8.59. The van der Waals surface area contributed by atoms with Gasteiger partial charge in [0.15, 0.2) is 0 Å². The van der Waals surface area contributed by atoms with Gasteiger partial charge in [-0.2, -0.15) is 13.2 Å². The van der Waals surface area contributed by atoms with E-state index in [9.17, 15) is 18.0 Å². The normalized spacial score (nSPS) is 19.7. The highest BCUT2D eigenvalue weighted by Gasteiger charge is 2.51. The molecular weight excluding hydrogens is 710 g/mol. The highest BCUT2D eigenvalue weighted by molar-refractivity contribution is 7.44. The number of alkyl halides is 3. The summed E-state index contributed by atoms with van der Waals surface area (Å²) in [6.45, 7) is 15.4. The molecule has 1 N–H and O–H groups in total. The number of nitrogens with zero attached hydrogens (tertiary/aromatic N) is 2. The molecule has 10 nitrogen and oxygen atoms in total. The second kappa shape index (κ2) is 19.0. The van der Waals surface area contributed by atoms with Crippen LogP contribution in [0.2, 0.25) is 0 Å². The summed E-state index contributed by atoms with van der Waals surface area (Å²) in [7, 11) is 2.71. The first-order chi connectivity index (χ1) is 25.3. The Labute approximate surface area is 311 Å². The van der Waals surface area contributed by atoms with E-state index < -0.39 is 50.4 Å². The molecule has 0 aromatic heterocycles. The summed E-state index contributed by atoms with van der Waals surface area (Å²) in [4.78, 5) is 15.7. The predicted molar refractivity (Wildman–Crippen MR) is 196 cm³/mol. The molecule has 0 heterocycles. The van der Waals surface area contributed by atoms with Gasteiger partial charge in [0, 0.05) is 25.1 Å². The number of carbonyl (C=O) groups is 1. The third-order valence-corrected chi connectivity index (χ3v) is 11.3. The lowest BCUT2D eigenvalue weighted by Crippen LogP contribution is -2.49. The Balaban J connectivity index is 1.84. The smallest absolute Gasteiger partial charge is 0.471 e. The minimum absolute atomic E-state index is 0.0234. The van der Waals surface area contributed by atoms with Gasteiger partial charge in [-0.05, 0) is 75.1 Å². The Morgan fingerprint density at radius 2 is 1.40 bits per heavy atom. The average molecular weight is 760 g/mol. The summed E-state index contributed by atoms with van der Waals surface area (Å²) in [6.07, 6.45) is -6.91. The van der Waals surface area contributed by atoms with E-state index in [-0.39, 0.29) is 38.3 Å². The molecule has 3 aromatic rings. The summed E-state index contributed by atoms with van der Waals surface area (Å²) in [6, 6.07) is 23.5. The van der Waals surface area contributed by atoms with Gasteiger partial charge in [0.25, 0.3) is 8.53 Å². The lowest BCUT2D eigenvalue weighted by atomic mass is 9.79. The van der Waals surface area contributed by atoms with E-state index in [2.05, 4.69) is 10.2 Å². The van der Waals surface area contributed by atoms with Crippen molar-refractivity contribution in [2.24, 2.45) is 5.92 Å². The van der Waals surface area contributed by atoms with Crippen LogP contribution in [0.15, 0.2) is 78.9 Å². The summed E-state index contributed by atoms with van der Waals surface area (Å²) in [5, 5.41) is 2.16. The van der Waals surface area contributed by atoms with Crippen LogP contribution in [0.5, 0.6) is 11.5 Å². The van der Waals surface area contributed by atoms with Crippen molar-refractivity contribution in [1.82, 2.24) is 9.99 Å². The topological polar surface area (TPSA) is 92.1 Å². The van der Waals surface area contributed by atoms with Crippen molar-refractivity contribution in [3.05, 3.63) is 107 Å². The van der Waals surface area contributed by atoms with E-state index in [0.717, 1.165) is 16.7 Å². The van der Waals surface area contributed by atoms with Gasteiger partial charge in [-0.15, -0.1) is 0 Å². The first kappa shape index (κ1) is 42.0. The highest BCUT2D eigenvalue weighted by Crippen LogP contribution is 2.51. The number of carbonyl (C=O) groups excluding carboxylic acids is 1. The standard InChI is InChI=1S/C39H49F3N3O7P/c1-26(2)45(27(3)4)53(51-23-22-43-5)52-35-28(24-34(36(35)49-8)44-37(46)39(40,41)42)25-50-38(29-12-10-9-11-13-29,30-14-18-32(47-6)19-15-30)31-16-20-33(48-7)21-17-31/h9-21,26-28,34-36H,22-25H2,1-4,6-8H3,(H,44,46)/t28-,34+,35?,36-,53?/m1/s1. The molecule has 1 aliphatic carbocycles. The molecule has 1 fully saturated rings. The van der Waals surface area contributed by atoms with Gasteiger partial charge < -0.3 is 38.2 Å². The van der Waals surface area contributed by atoms with Gasteiger partial charge >= 0.3 is 12.1 Å². The van der Waals surface area contributed by atoms with Gasteiger partial charge in [-0.1, -0.05) is 54.6 Å². The zero-order valence-electron chi connectivity index (χ0n) is 31.1. The van der Waals surface area contributed by atoms with Crippen molar-refractivity contribution in [2.45, 2.75) is 76.2 Å². The molecule has 1 saturated carbocycles. The zero-order chi connectivity index (χ0) is 38.8. The van der Waals surface area contributed by atoms with Crippen LogP contribution < -0.4 is 14.8 Å². The average Bonchev–Trinajstić information content (AvgIpc) is 3.47. The van der Waals surface area contributed by atoms with Crippen LogP contribution in [0, 0.1) is 12.5 Å². The minimum Gasteiger partial charge on any atom is -0.497 e. The molecule has 0 radical (unpaired) electrons. The molecule has 0 spiro atoms. The number of ether oxygens (including phenoxy) is 4. The number of hydrogen-bond donors (Lipinski definition) is 1. The molecule has 53 heavy (non-hydrogen) atoms. The quantitative estimate of drug-likeness (QED) is 0.0610. The Bertz CT molecular complexity index is 1570. The minimum atomic E-state index is -5.10. The van der Waals surface area contributed by atoms with Gasteiger partial charge in [-0.3, -0.25) is 4.79 Å². The number of benzene rings is 3. The molecule has 4 rings (SSSR count). The van der Waals surface area contributed by atoms with Crippen LogP contribution in [0.1, 0.15) is 50.8 Å². The lowest BCUT2D eigenvalue weighted by molar-refractivity contribution is -0.175. The summed E-state index contributed by atoms with van der Waals surface area (Å²) < 4.78 is 79.7. The number of methoxy groups -OCH3 is 3. The number of amides is 1. The van der Waals surface area contributed by atoms with Crippen molar-refractivity contribution < 1.29 is 46.0 Å². The van der Waals surface area contributed by atoms with Gasteiger partial charge in [0.2, 0.25) is 6.54 Å². The van der Waals surface area contributed by atoms with E-state index in [1.54, 1.807) is 14.2 Å². The van der Waals surface area contributed by atoms with Crippen LogP contribution >= 0.6 is 8.53 Å². The van der Waals surface area contributed by atoms with Gasteiger partial charge in [0.05, 0.1) is 33.0 Å². The fourth-order valence-electron chi connectivity index (χ4n) is 6.79. The first-order valence-electron chi connectivity index (χ1n) is 17.4. The third kappa shape index (κ3) is 10.1. The highest BCUT2D eigenvalue weighted by atomic mass is 31.2. The SMILES string of the molecule is [C-]#[N+]CCOP(OC1[C@@H](COC(c2ccccc2)(c2ccc(OC)cc2)c2ccc(OC)cc2)C[C@H](NC(=O)C(F)(F)F)[C@H]1OC)N(C(C)C)C(C)C. The molecule has 0 bridgehead atoms. The molecule has 0 aliphatic heterocycles. The Morgan fingerprint density at radius 3 is 1.85 bits per heavy atom. The Morgan fingerprint density at radius 1 is 0.868 bits per heavy atom. The Kier molecular flexibility index (Phi) is 15.1. The number of nitrogens with one attached hydrogen (secondary N) is 1. The van der Waals surface area contributed by atoms with Crippen molar-refractivity contribution in [1.29, 1.82) is 0 Å². The van der Waals surface area contributed by atoms with E-state index in [4.69, 9.17) is 34.6 Å². The van der Waals surface area contributed by atoms with Gasteiger partial charge in [-0.25, -0.2) is 11.2 Å². The fraction of sp³-hybridized carbons (Fsp3) is 0.487. The molecule has 5 atom stereocenters. The molecule has 288 valence electrons. The summed E-state index contributed by atoms with van der Waals surface area (Å²) >= 11 is 0. The van der Waals surface area contributed by atoms with E-state index in [1.807, 2.05) is 111 Å². The molecular formula is C39H49F3N3O7P.